The number of piperidine rings is 1. The first-order chi connectivity index (χ1) is 18.0. The van der Waals surface area contributed by atoms with Crippen LogP contribution in [0.3, 0.4) is 0 Å². The van der Waals surface area contributed by atoms with Crippen molar-refractivity contribution in [2.75, 3.05) is 52.5 Å². The SMILES string of the molecule is Cl.O=C(NO)C1(S(=O)(=O)c2ccc(Oc3ccc(C(F)(F)F)cc3)cc2)CCN(CCN2CCOCC2)CC1. The molecular formula is C25H31ClF3N3O6S. The average molecular weight is 594 g/mol. The van der Waals surface area contributed by atoms with Crippen molar-refractivity contribution < 1.29 is 41.1 Å². The summed E-state index contributed by atoms with van der Waals surface area (Å²) in [4.78, 5) is 17.0. The van der Waals surface area contributed by atoms with E-state index in [0.29, 0.717) is 26.3 Å². The summed E-state index contributed by atoms with van der Waals surface area (Å²) in [6.45, 7) is 5.34. The van der Waals surface area contributed by atoms with Gasteiger partial charge in [0.05, 0.1) is 23.7 Å². The third-order valence-corrected chi connectivity index (χ3v) is 9.60. The van der Waals surface area contributed by atoms with Crippen LogP contribution in [0, 0.1) is 0 Å². The molecule has 1 amide bonds. The lowest BCUT2D eigenvalue weighted by atomic mass is 9.95. The minimum absolute atomic E-state index is 0. The lowest BCUT2D eigenvalue weighted by Gasteiger charge is -2.40. The van der Waals surface area contributed by atoms with E-state index in [1.807, 2.05) is 0 Å². The number of nitrogens with one attached hydrogen (secondary N) is 1. The molecule has 14 heteroatoms. The highest BCUT2D eigenvalue weighted by Gasteiger charge is 2.52. The van der Waals surface area contributed by atoms with Crippen molar-refractivity contribution in [2.24, 2.45) is 0 Å². The van der Waals surface area contributed by atoms with Gasteiger partial charge in [0.15, 0.2) is 14.6 Å². The summed E-state index contributed by atoms with van der Waals surface area (Å²) in [6, 6.07) is 9.41. The molecule has 2 aromatic rings. The maximum Gasteiger partial charge on any atom is 0.416 e. The van der Waals surface area contributed by atoms with Gasteiger partial charge in [-0.2, -0.15) is 13.2 Å². The van der Waals surface area contributed by atoms with Crippen molar-refractivity contribution in [2.45, 2.75) is 28.7 Å². The van der Waals surface area contributed by atoms with Gasteiger partial charge in [0, 0.05) is 39.3 Å². The number of sulfone groups is 1. The molecule has 2 fully saturated rings. The Bertz CT molecular complexity index is 1200. The number of carbonyl (C=O) groups excluding carboxylic acids is 1. The number of hydrogen-bond acceptors (Lipinski definition) is 8. The molecule has 0 aromatic heterocycles. The van der Waals surface area contributed by atoms with Gasteiger partial charge in [0.1, 0.15) is 11.5 Å². The molecule has 2 saturated heterocycles. The molecule has 2 aliphatic rings. The van der Waals surface area contributed by atoms with E-state index in [2.05, 4.69) is 9.80 Å². The fraction of sp³-hybridized carbons (Fsp3) is 0.480. The second-order valence-corrected chi connectivity index (χ2v) is 11.6. The number of halogens is 4. The van der Waals surface area contributed by atoms with Gasteiger partial charge < -0.3 is 14.4 Å². The molecule has 0 radical (unpaired) electrons. The van der Waals surface area contributed by atoms with Crippen LogP contribution in [0.5, 0.6) is 11.5 Å². The quantitative estimate of drug-likeness (QED) is 0.354. The summed E-state index contributed by atoms with van der Waals surface area (Å²) in [7, 11) is -4.21. The fourth-order valence-electron chi connectivity index (χ4n) is 4.73. The molecule has 2 aromatic carbocycles. The summed E-state index contributed by atoms with van der Waals surface area (Å²) >= 11 is 0. The first-order valence-electron chi connectivity index (χ1n) is 12.2. The first-order valence-corrected chi connectivity index (χ1v) is 13.7. The Hall–Kier alpha value is -2.42. The van der Waals surface area contributed by atoms with Crippen LogP contribution < -0.4 is 10.2 Å². The zero-order chi connectivity index (χ0) is 27.4. The van der Waals surface area contributed by atoms with E-state index in [1.165, 1.54) is 36.4 Å². The highest BCUT2D eigenvalue weighted by atomic mass is 35.5. The molecule has 2 aliphatic heterocycles. The van der Waals surface area contributed by atoms with E-state index in [9.17, 15) is 31.6 Å². The third-order valence-electron chi connectivity index (χ3n) is 7.08. The van der Waals surface area contributed by atoms with Crippen LogP contribution in [0.25, 0.3) is 0 Å². The van der Waals surface area contributed by atoms with Gasteiger partial charge in [-0.15, -0.1) is 12.4 Å². The number of rotatable bonds is 8. The highest BCUT2D eigenvalue weighted by Crippen LogP contribution is 2.37. The number of alkyl halides is 3. The van der Waals surface area contributed by atoms with Crippen LogP contribution in [-0.2, 0) is 25.5 Å². The van der Waals surface area contributed by atoms with E-state index < -0.39 is 32.2 Å². The van der Waals surface area contributed by atoms with Crippen molar-refractivity contribution in [1.82, 2.24) is 15.3 Å². The number of carbonyl (C=O) groups is 1. The normalized spacial score (nSPS) is 18.7. The maximum atomic E-state index is 13.7. The van der Waals surface area contributed by atoms with Crippen molar-refractivity contribution in [3.05, 3.63) is 54.1 Å². The molecule has 4 rings (SSSR count). The molecule has 0 aliphatic carbocycles. The average Bonchev–Trinajstić information content (AvgIpc) is 2.92. The fourth-order valence-corrected chi connectivity index (χ4v) is 6.68. The molecule has 0 saturated carbocycles. The maximum absolute atomic E-state index is 13.7. The minimum atomic E-state index is -4.47. The lowest BCUT2D eigenvalue weighted by molar-refractivity contribution is -0.137. The van der Waals surface area contributed by atoms with Gasteiger partial charge in [-0.05, 0) is 61.4 Å². The molecule has 2 N–H and O–H groups in total. The Morgan fingerprint density at radius 3 is 1.90 bits per heavy atom. The van der Waals surface area contributed by atoms with Crippen LogP contribution in [0.2, 0.25) is 0 Å². The van der Waals surface area contributed by atoms with Crippen LogP contribution in [-0.4, -0.2) is 86.6 Å². The van der Waals surface area contributed by atoms with Crippen molar-refractivity contribution in [1.29, 1.82) is 0 Å². The number of amides is 1. The van der Waals surface area contributed by atoms with E-state index in [1.54, 1.807) is 5.48 Å². The molecule has 0 spiro atoms. The molecule has 0 bridgehead atoms. The number of likely N-dealkylation sites (tertiary alicyclic amines) is 1. The van der Waals surface area contributed by atoms with Gasteiger partial charge in [-0.25, -0.2) is 13.9 Å². The van der Waals surface area contributed by atoms with Crippen molar-refractivity contribution in [3.8, 4) is 11.5 Å². The minimum Gasteiger partial charge on any atom is -0.457 e. The Morgan fingerprint density at radius 2 is 1.41 bits per heavy atom. The molecule has 216 valence electrons. The standard InChI is InChI=1S/C25H30F3N3O6S.ClH/c26-25(27,28)19-1-3-20(4-2-19)37-21-5-7-22(8-6-21)38(34,35)24(23(32)29-33)9-11-30(12-10-24)13-14-31-15-17-36-18-16-31;/h1-8,33H,9-18H2,(H,29,32);1H. The number of ether oxygens (including phenoxy) is 2. The van der Waals surface area contributed by atoms with Crippen LogP contribution >= 0.6 is 12.4 Å². The van der Waals surface area contributed by atoms with Gasteiger partial charge >= 0.3 is 6.18 Å². The summed E-state index contributed by atoms with van der Waals surface area (Å²) in [5.41, 5.74) is 0.732. The molecule has 9 nitrogen and oxygen atoms in total. The van der Waals surface area contributed by atoms with Crippen LogP contribution in [0.15, 0.2) is 53.4 Å². The van der Waals surface area contributed by atoms with Gasteiger partial charge in [-0.1, -0.05) is 0 Å². The molecule has 39 heavy (non-hydrogen) atoms. The first kappa shape index (κ1) is 31.1. The number of nitrogens with zero attached hydrogens (tertiary/aromatic N) is 2. The van der Waals surface area contributed by atoms with E-state index in [0.717, 1.165) is 38.3 Å². The van der Waals surface area contributed by atoms with E-state index >= 15 is 0 Å². The number of hydrogen-bond donors (Lipinski definition) is 2. The number of hydroxylamine groups is 1. The third kappa shape index (κ3) is 7.02. The smallest absolute Gasteiger partial charge is 0.416 e. The second kappa shape index (κ2) is 12.8. The highest BCUT2D eigenvalue weighted by molar-refractivity contribution is 7.93. The Labute approximate surface area is 231 Å². The molecular weight excluding hydrogens is 563 g/mol. The van der Waals surface area contributed by atoms with Crippen LogP contribution in [0.1, 0.15) is 18.4 Å². The Balaban J connectivity index is 0.00000420. The summed E-state index contributed by atoms with van der Waals surface area (Å²) in [5, 5.41) is 9.39. The van der Waals surface area contributed by atoms with Gasteiger partial charge in [0.25, 0.3) is 5.91 Å². The predicted molar refractivity (Wildman–Crippen MR) is 138 cm³/mol. The lowest BCUT2D eigenvalue weighted by Crippen LogP contribution is -2.58. The monoisotopic (exact) mass is 593 g/mol. The molecule has 0 unspecified atom stereocenters. The van der Waals surface area contributed by atoms with Crippen LogP contribution in [0.4, 0.5) is 13.2 Å². The number of benzene rings is 2. The predicted octanol–water partition coefficient (Wildman–Crippen LogP) is 3.37. The molecule has 2 heterocycles. The summed E-state index contributed by atoms with van der Waals surface area (Å²) < 4.78 is 74.7. The van der Waals surface area contributed by atoms with E-state index in [4.69, 9.17) is 9.47 Å². The number of morpholine rings is 1. The largest absolute Gasteiger partial charge is 0.457 e. The van der Waals surface area contributed by atoms with Crippen molar-refractivity contribution >= 4 is 28.2 Å². The van der Waals surface area contributed by atoms with Crippen molar-refractivity contribution in [3.63, 3.8) is 0 Å². The van der Waals surface area contributed by atoms with E-state index in [-0.39, 0.29) is 41.6 Å². The topological polar surface area (TPSA) is 108 Å². The second-order valence-electron chi connectivity index (χ2n) is 9.33. The Morgan fingerprint density at radius 1 is 0.923 bits per heavy atom. The zero-order valence-electron chi connectivity index (χ0n) is 21.0. The summed E-state index contributed by atoms with van der Waals surface area (Å²) in [5.74, 6) is -0.619. The Kier molecular flexibility index (Phi) is 10.2. The van der Waals surface area contributed by atoms with Gasteiger partial charge in [-0.3, -0.25) is 14.9 Å². The zero-order valence-corrected chi connectivity index (χ0v) is 22.7. The van der Waals surface area contributed by atoms with Gasteiger partial charge in [0.2, 0.25) is 0 Å². The summed E-state index contributed by atoms with van der Waals surface area (Å²) in [6.07, 6.45) is -4.45. The molecule has 0 atom stereocenters.